The summed E-state index contributed by atoms with van der Waals surface area (Å²) >= 11 is 0. The van der Waals surface area contributed by atoms with Crippen LogP contribution >= 0.6 is 0 Å². The van der Waals surface area contributed by atoms with Crippen molar-refractivity contribution in [2.24, 2.45) is 5.41 Å². The second-order valence-electron chi connectivity index (χ2n) is 6.87. The van der Waals surface area contributed by atoms with Crippen LogP contribution in [0.2, 0.25) is 0 Å². The molecule has 0 heterocycles. The Hall–Kier alpha value is -3.15. The summed E-state index contributed by atoms with van der Waals surface area (Å²) in [6, 6.07) is 11.9. The normalized spacial score (nSPS) is 10.9. The highest BCUT2D eigenvalue weighted by Gasteiger charge is 2.36. The topological polar surface area (TPSA) is 84.5 Å². The van der Waals surface area contributed by atoms with Crippen LogP contribution in [0.25, 0.3) is 0 Å². The Kier molecular flexibility index (Phi) is 6.00. The smallest absolute Gasteiger partial charge is 0.239 e. The predicted molar refractivity (Wildman–Crippen MR) is 105 cm³/mol. The molecule has 2 amide bonds. The van der Waals surface area contributed by atoms with Crippen LogP contribution < -0.4 is 15.4 Å². The van der Waals surface area contributed by atoms with Gasteiger partial charge in [0.2, 0.25) is 11.8 Å². The van der Waals surface area contributed by atoms with E-state index >= 15 is 0 Å². The average Bonchev–Trinajstić information content (AvgIpc) is 2.62. The number of carbonyl (C=O) groups is 3. The summed E-state index contributed by atoms with van der Waals surface area (Å²) < 4.78 is 5.26. The number of amides is 2. The van der Waals surface area contributed by atoms with Gasteiger partial charge in [0.1, 0.15) is 11.2 Å². The number of ether oxygens (including phenoxy) is 1. The Balaban J connectivity index is 2.14. The van der Waals surface area contributed by atoms with Crippen LogP contribution in [0.5, 0.6) is 5.75 Å². The van der Waals surface area contributed by atoms with E-state index in [0.29, 0.717) is 22.7 Å². The van der Waals surface area contributed by atoms with Crippen molar-refractivity contribution >= 4 is 29.0 Å². The van der Waals surface area contributed by atoms with Gasteiger partial charge in [-0.15, -0.1) is 0 Å². The summed E-state index contributed by atoms with van der Waals surface area (Å²) in [6.07, 6.45) is 0. The van der Waals surface area contributed by atoms with E-state index in [1.54, 1.807) is 50.2 Å². The number of ketones is 1. The molecule has 6 nitrogen and oxygen atoms in total. The molecule has 0 unspecified atom stereocenters. The van der Waals surface area contributed by atoms with Gasteiger partial charge in [-0.05, 0) is 69.7 Å². The van der Waals surface area contributed by atoms with Crippen LogP contribution in [0.15, 0.2) is 42.5 Å². The number of aryl methyl sites for hydroxylation is 1. The van der Waals surface area contributed by atoms with E-state index in [0.717, 1.165) is 5.56 Å². The molecule has 0 aromatic heterocycles. The summed E-state index contributed by atoms with van der Waals surface area (Å²) in [6.45, 7) is 6.46. The fourth-order valence-electron chi connectivity index (χ4n) is 2.38. The molecule has 0 radical (unpaired) electrons. The van der Waals surface area contributed by atoms with Crippen molar-refractivity contribution in [1.29, 1.82) is 0 Å². The van der Waals surface area contributed by atoms with Gasteiger partial charge in [0.15, 0.2) is 5.78 Å². The van der Waals surface area contributed by atoms with Gasteiger partial charge in [0, 0.05) is 11.3 Å². The molecule has 0 bridgehead atoms. The zero-order chi connectivity index (χ0) is 20.2. The number of carbonyl (C=O) groups excluding carboxylic acids is 3. The first-order valence-corrected chi connectivity index (χ1v) is 8.53. The predicted octanol–water partition coefficient (Wildman–Crippen LogP) is 3.81. The summed E-state index contributed by atoms with van der Waals surface area (Å²) in [5.41, 5.74) is 1.21. The van der Waals surface area contributed by atoms with Crippen molar-refractivity contribution in [1.82, 2.24) is 0 Å². The minimum Gasteiger partial charge on any atom is -0.495 e. The lowest BCUT2D eigenvalue weighted by molar-refractivity contribution is -0.135. The van der Waals surface area contributed by atoms with Crippen molar-refractivity contribution in [3.63, 3.8) is 0 Å². The maximum Gasteiger partial charge on any atom is 0.239 e. The molecule has 0 aliphatic rings. The number of anilines is 2. The second kappa shape index (κ2) is 8.03. The SMILES string of the molecule is COc1ccc(C)cc1NC(=O)C(C)(C)C(=O)Nc1ccc(C(C)=O)cc1. The Bertz CT molecular complexity index is 870. The van der Waals surface area contributed by atoms with Crippen LogP contribution in [0.1, 0.15) is 36.7 Å². The zero-order valence-electron chi connectivity index (χ0n) is 16.2. The fourth-order valence-corrected chi connectivity index (χ4v) is 2.38. The van der Waals surface area contributed by atoms with E-state index in [4.69, 9.17) is 4.74 Å². The highest BCUT2D eigenvalue weighted by Crippen LogP contribution is 2.28. The fraction of sp³-hybridized carbons (Fsp3) is 0.286. The Morgan fingerprint density at radius 3 is 2.07 bits per heavy atom. The van der Waals surface area contributed by atoms with E-state index in [1.165, 1.54) is 14.0 Å². The first-order chi connectivity index (χ1) is 12.6. The van der Waals surface area contributed by atoms with Crippen LogP contribution in [-0.4, -0.2) is 24.7 Å². The first-order valence-electron chi connectivity index (χ1n) is 8.53. The molecule has 0 fully saturated rings. The number of methoxy groups -OCH3 is 1. The third kappa shape index (κ3) is 4.73. The third-order valence-corrected chi connectivity index (χ3v) is 4.29. The molecule has 2 N–H and O–H groups in total. The standard InChI is InChI=1S/C21H24N2O4/c1-13-6-11-18(27-5)17(12-13)23-20(26)21(3,4)19(25)22-16-9-7-15(8-10-16)14(2)24/h6-12H,1-5H3,(H,22,25)(H,23,26). The molecular formula is C21H24N2O4. The van der Waals surface area contributed by atoms with Gasteiger partial charge in [-0.2, -0.15) is 0 Å². The van der Waals surface area contributed by atoms with Crippen molar-refractivity contribution in [3.8, 4) is 5.75 Å². The molecule has 2 rings (SSSR count). The highest BCUT2D eigenvalue weighted by atomic mass is 16.5. The minimum atomic E-state index is -1.33. The second-order valence-corrected chi connectivity index (χ2v) is 6.87. The molecular weight excluding hydrogens is 344 g/mol. The molecule has 0 aliphatic heterocycles. The van der Waals surface area contributed by atoms with Crippen molar-refractivity contribution in [2.45, 2.75) is 27.7 Å². The highest BCUT2D eigenvalue weighted by molar-refractivity contribution is 6.14. The maximum absolute atomic E-state index is 12.7. The molecule has 27 heavy (non-hydrogen) atoms. The molecule has 6 heteroatoms. The van der Waals surface area contributed by atoms with Gasteiger partial charge in [-0.25, -0.2) is 0 Å². The molecule has 142 valence electrons. The number of benzene rings is 2. The van der Waals surface area contributed by atoms with Gasteiger partial charge in [-0.3, -0.25) is 14.4 Å². The van der Waals surface area contributed by atoms with Gasteiger partial charge in [0.05, 0.1) is 12.8 Å². The van der Waals surface area contributed by atoms with E-state index < -0.39 is 17.2 Å². The van der Waals surface area contributed by atoms with E-state index in [2.05, 4.69) is 10.6 Å². The van der Waals surface area contributed by atoms with E-state index in [1.807, 2.05) is 13.0 Å². The number of Topliss-reactive ketones (excluding diaryl/α,β-unsaturated/α-hetero) is 1. The Morgan fingerprint density at radius 2 is 1.52 bits per heavy atom. The molecule has 2 aromatic carbocycles. The quantitative estimate of drug-likeness (QED) is 0.600. The molecule has 2 aromatic rings. The molecule has 0 saturated heterocycles. The van der Waals surface area contributed by atoms with Crippen LogP contribution in [0, 0.1) is 12.3 Å². The molecule has 0 atom stereocenters. The van der Waals surface area contributed by atoms with Crippen molar-refractivity contribution in [3.05, 3.63) is 53.6 Å². The molecule has 0 spiro atoms. The lowest BCUT2D eigenvalue weighted by atomic mass is 9.90. The summed E-state index contributed by atoms with van der Waals surface area (Å²) in [7, 11) is 1.52. The van der Waals surface area contributed by atoms with Crippen molar-refractivity contribution < 1.29 is 19.1 Å². The first kappa shape index (κ1) is 20.2. The number of nitrogens with one attached hydrogen (secondary N) is 2. The van der Waals surface area contributed by atoms with Crippen LogP contribution in [0.3, 0.4) is 0 Å². The lowest BCUT2D eigenvalue weighted by Gasteiger charge is -2.23. The monoisotopic (exact) mass is 368 g/mol. The zero-order valence-corrected chi connectivity index (χ0v) is 16.2. The van der Waals surface area contributed by atoms with E-state index in [9.17, 15) is 14.4 Å². The third-order valence-electron chi connectivity index (χ3n) is 4.29. The lowest BCUT2D eigenvalue weighted by Crippen LogP contribution is -2.41. The van der Waals surface area contributed by atoms with Crippen LogP contribution in [0.4, 0.5) is 11.4 Å². The molecule has 0 saturated carbocycles. The Morgan fingerprint density at radius 1 is 0.926 bits per heavy atom. The summed E-state index contributed by atoms with van der Waals surface area (Å²) in [4.78, 5) is 36.7. The molecule has 0 aliphatic carbocycles. The van der Waals surface area contributed by atoms with Gasteiger partial charge in [-0.1, -0.05) is 6.07 Å². The largest absolute Gasteiger partial charge is 0.495 e. The number of hydrogen-bond acceptors (Lipinski definition) is 4. The number of rotatable bonds is 6. The van der Waals surface area contributed by atoms with Gasteiger partial charge < -0.3 is 15.4 Å². The van der Waals surface area contributed by atoms with Gasteiger partial charge >= 0.3 is 0 Å². The summed E-state index contributed by atoms with van der Waals surface area (Å²) in [5, 5.41) is 5.48. The Labute approximate surface area is 158 Å². The van der Waals surface area contributed by atoms with E-state index in [-0.39, 0.29) is 5.78 Å². The van der Waals surface area contributed by atoms with Gasteiger partial charge in [0.25, 0.3) is 0 Å². The number of hydrogen-bond donors (Lipinski definition) is 2. The van der Waals surface area contributed by atoms with Crippen LogP contribution in [-0.2, 0) is 9.59 Å². The minimum absolute atomic E-state index is 0.0558. The van der Waals surface area contributed by atoms with Crippen molar-refractivity contribution in [2.75, 3.05) is 17.7 Å². The summed E-state index contributed by atoms with van der Waals surface area (Å²) in [5.74, 6) is -0.448. The average molecular weight is 368 g/mol. The maximum atomic E-state index is 12.7.